The normalized spacial score (nSPS) is 18.2. The first-order valence-corrected chi connectivity index (χ1v) is 10.4. The van der Waals surface area contributed by atoms with Gasteiger partial charge >= 0.3 is 0 Å². The molecular formula is C21H18FN5OS. The molecule has 8 heteroatoms. The Morgan fingerprint density at radius 1 is 1.17 bits per heavy atom. The number of carbonyl (C=O) groups excluding carboxylic acids is 1. The van der Waals surface area contributed by atoms with Crippen LogP contribution in [0, 0.1) is 5.82 Å². The van der Waals surface area contributed by atoms with Gasteiger partial charge in [-0.2, -0.15) is 4.98 Å². The molecule has 2 aliphatic rings. The lowest BCUT2D eigenvalue weighted by molar-refractivity contribution is -0.116. The van der Waals surface area contributed by atoms with Crippen LogP contribution in [0.25, 0.3) is 0 Å². The van der Waals surface area contributed by atoms with Crippen molar-refractivity contribution in [2.75, 3.05) is 5.32 Å². The molecule has 0 saturated heterocycles. The van der Waals surface area contributed by atoms with E-state index in [0.717, 1.165) is 29.7 Å². The number of rotatable bonds is 4. The van der Waals surface area contributed by atoms with Gasteiger partial charge in [-0.3, -0.25) is 9.78 Å². The minimum Gasteiger partial charge on any atom is -0.328 e. The maximum Gasteiger partial charge on any atom is 0.227 e. The lowest BCUT2D eigenvalue weighted by Crippen LogP contribution is -2.31. The fraction of sp³-hybridized carbons (Fsp3) is 0.238. The van der Waals surface area contributed by atoms with Crippen molar-refractivity contribution in [2.24, 2.45) is 0 Å². The molecule has 2 aromatic heterocycles. The summed E-state index contributed by atoms with van der Waals surface area (Å²) in [7, 11) is 0. The molecule has 0 saturated carbocycles. The van der Waals surface area contributed by atoms with E-state index in [1.807, 2.05) is 18.2 Å². The molecule has 1 aliphatic carbocycles. The summed E-state index contributed by atoms with van der Waals surface area (Å²) in [6.45, 7) is 0. The molecule has 0 radical (unpaired) electrons. The van der Waals surface area contributed by atoms with Gasteiger partial charge in [0.25, 0.3) is 0 Å². The maximum atomic E-state index is 13.9. The van der Waals surface area contributed by atoms with E-state index in [9.17, 15) is 9.18 Å². The number of hydrogen-bond acceptors (Lipinski definition) is 6. The number of nitrogens with one attached hydrogen (secondary N) is 1. The number of thioether (sulfide) groups is 1. The Labute approximate surface area is 171 Å². The Morgan fingerprint density at radius 3 is 2.83 bits per heavy atom. The first kappa shape index (κ1) is 18.1. The number of carbonyl (C=O) groups is 1. The zero-order chi connectivity index (χ0) is 19.8. The number of fused-ring (bicyclic) bond motifs is 1. The lowest BCUT2D eigenvalue weighted by Gasteiger charge is -2.32. The van der Waals surface area contributed by atoms with Gasteiger partial charge in [0, 0.05) is 35.8 Å². The van der Waals surface area contributed by atoms with Crippen LogP contribution in [0.1, 0.15) is 36.4 Å². The third kappa shape index (κ3) is 3.33. The van der Waals surface area contributed by atoms with E-state index in [2.05, 4.69) is 20.4 Å². The fourth-order valence-electron chi connectivity index (χ4n) is 3.81. The molecule has 1 atom stereocenters. The maximum absolute atomic E-state index is 13.9. The second-order valence-corrected chi connectivity index (χ2v) is 7.96. The van der Waals surface area contributed by atoms with Crippen molar-refractivity contribution >= 4 is 23.5 Å². The van der Waals surface area contributed by atoms with Crippen LogP contribution in [0.4, 0.5) is 10.3 Å². The number of allylic oxidation sites excluding steroid dienone is 2. The fourth-order valence-corrected chi connectivity index (χ4v) is 4.62. The van der Waals surface area contributed by atoms with E-state index in [4.69, 9.17) is 0 Å². The van der Waals surface area contributed by atoms with Crippen LogP contribution in [0.3, 0.4) is 0 Å². The molecule has 0 unspecified atom stereocenters. The molecule has 6 nitrogen and oxygen atoms in total. The van der Waals surface area contributed by atoms with Crippen LogP contribution >= 0.6 is 11.8 Å². The summed E-state index contributed by atoms with van der Waals surface area (Å²) in [5, 5.41) is 8.50. The third-order valence-corrected chi connectivity index (χ3v) is 6.07. The molecular weight excluding hydrogens is 389 g/mol. The second-order valence-electron chi connectivity index (χ2n) is 7.02. The SMILES string of the molecule is O=C1CCCC2=C1[C@H](c1ccncc1)n1nc(SCc3ccccc3F)nc1N2. The highest BCUT2D eigenvalue weighted by Gasteiger charge is 2.36. The monoisotopic (exact) mass is 407 g/mol. The smallest absolute Gasteiger partial charge is 0.227 e. The molecule has 146 valence electrons. The molecule has 0 bridgehead atoms. The first-order chi connectivity index (χ1) is 14.2. The zero-order valence-electron chi connectivity index (χ0n) is 15.5. The summed E-state index contributed by atoms with van der Waals surface area (Å²) >= 11 is 1.37. The largest absolute Gasteiger partial charge is 0.328 e. The van der Waals surface area contributed by atoms with E-state index in [1.54, 1.807) is 29.2 Å². The molecule has 1 N–H and O–H groups in total. The van der Waals surface area contributed by atoms with E-state index in [1.165, 1.54) is 17.8 Å². The van der Waals surface area contributed by atoms with Crippen LogP contribution in [0.2, 0.25) is 0 Å². The van der Waals surface area contributed by atoms with E-state index < -0.39 is 0 Å². The van der Waals surface area contributed by atoms with Crippen molar-refractivity contribution in [3.05, 3.63) is 77.0 Å². The van der Waals surface area contributed by atoms with Crippen molar-refractivity contribution in [3.63, 3.8) is 0 Å². The van der Waals surface area contributed by atoms with Crippen LogP contribution in [-0.4, -0.2) is 25.5 Å². The number of nitrogens with zero attached hydrogens (tertiary/aromatic N) is 4. The van der Waals surface area contributed by atoms with E-state index in [0.29, 0.717) is 28.8 Å². The highest BCUT2D eigenvalue weighted by molar-refractivity contribution is 7.98. The van der Waals surface area contributed by atoms with Gasteiger partial charge in [-0.05, 0) is 42.2 Å². The summed E-state index contributed by atoms with van der Waals surface area (Å²) in [4.78, 5) is 21.5. The van der Waals surface area contributed by atoms with Gasteiger partial charge in [0.2, 0.25) is 11.1 Å². The minimum absolute atomic E-state index is 0.141. The summed E-state index contributed by atoms with van der Waals surface area (Å²) < 4.78 is 15.7. The quantitative estimate of drug-likeness (QED) is 0.656. The van der Waals surface area contributed by atoms with E-state index >= 15 is 0 Å². The number of Topliss-reactive ketones (excluding diaryl/α,β-unsaturated/α-hetero) is 1. The minimum atomic E-state index is -0.327. The Morgan fingerprint density at radius 2 is 2.00 bits per heavy atom. The summed E-state index contributed by atoms with van der Waals surface area (Å²) in [5.41, 5.74) is 3.23. The molecule has 0 amide bonds. The van der Waals surface area contributed by atoms with Crippen LogP contribution in [0.15, 0.2) is 65.2 Å². The molecule has 1 aromatic carbocycles. The number of benzene rings is 1. The van der Waals surface area contributed by atoms with Crippen molar-refractivity contribution in [1.29, 1.82) is 0 Å². The van der Waals surface area contributed by atoms with Gasteiger partial charge in [0.05, 0.1) is 0 Å². The number of hydrogen-bond donors (Lipinski definition) is 1. The summed E-state index contributed by atoms with van der Waals surface area (Å²) in [6, 6.07) is 10.2. The first-order valence-electron chi connectivity index (χ1n) is 9.46. The number of anilines is 1. The molecule has 3 heterocycles. The number of pyridine rings is 1. The number of ketones is 1. The predicted molar refractivity (Wildman–Crippen MR) is 108 cm³/mol. The Hall–Kier alpha value is -3.00. The molecule has 5 rings (SSSR count). The third-order valence-electron chi connectivity index (χ3n) is 5.19. The van der Waals surface area contributed by atoms with E-state index in [-0.39, 0.29) is 17.6 Å². The second kappa shape index (κ2) is 7.44. The molecule has 3 aromatic rings. The number of halogens is 1. The van der Waals surface area contributed by atoms with Crippen LogP contribution in [-0.2, 0) is 10.5 Å². The van der Waals surface area contributed by atoms with Crippen molar-refractivity contribution in [1.82, 2.24) is 19.7 Å². The van der Waals surface area contributed by atoms with Crippen molar-refractivity contribution in [2.45, 2.75) is 36.2 Å². The molecule has 29 heavy (non-hydrogen) atoms. The highest BCUT2D eigenvalue weighted by atomic mass is 32.2. The molecule has 0 spiro atoms. The summed E-state index contributed by atoms with van der Waals surface area (Å²) in [6.07, 6.45) is 5.62. The average molecular weight is 407 g/mol. The summed E-state index contributed by atoms with van der Waals surface area (Å²) in [5.74, 6) is 0.945. The van der Waals surface area contributed by atoms with Crippen molar-refractivity contribution in [3.8, 4) is 0 Å². The predicted octanol–water partition coefficient (Wildman–Crippen LogP) is 4.13. The highest BCUT2D eigenvalue weighted by Crippen LogP contribution is 2.40. The molecule has 1 aliphatic heterocycles. The van der Waals surface area contributed by atoms with Crippen molar-refractivity contribution < 1.29 is 9.18 Å². The topological polar surface area (TPSA) is 72.7 Å². The van der Waals surface area contributed by atoms with Gasteiger partial charge < -0.3 is 5.32 Å². The van der Waals surface area contributed by atoms with Gasteiger partial charge in [0.1, 0.15) is 11.9 Å². The number of aromatic nitrogens is 4. The van der Waals surface area contributed by atoms with Crippen LogP contribution in [0.5, 0.6) is 0 Å². The average Bonchev–Trinajstić information content (AvgIpc) is 3.15. The van der Waals surface area contributed by atoms with Gasteiger partial charge in [0.15, 0.2) is 5.78 Å². The Bertz CT molecular complexity index is 1110. The van der Waals surface area contributed by atoms with Gasteiger partial charge in [-0.15, -0.1) is 5.10 Å². The molecule has 0 fully saturated rings. The Kier molecular flexibility index (Phi) is 4.63. The van der Waals surface area contributed by atoms with Crippen LogP contribution < -0.4 is 5.32 Å². The Balaban J connectivity index is 1.50. The zero-order valence-corrected chi connectivity index (χ0v) is 16.3. The van der Waals surface area contributed by atoms with Gasteiger partial charge in [-0.1, -0.05) is 30.0 Å². The lowest BCUT2D eigenvalue weighted by atomic mass is 9.86. The standard InChI is InChI=1S/C21H18FN5OS/c22-15-5-2-1-4-14(15)12-29-21-25-20-24-16-6-3-7-17(28)18(16)19(27(20)26-21)13-8-10-23-11-9-13/h1-2,4-5,8-11,19H,3,6-7,12H2,(H,24,25,26)/t19-/m0/s1. The van der Waals surface area contributed by atoms with Gasteiger partial charge in [-0.25, -0.2) is 9.07 Å².